The fourth-order valence-corrected chi connectivity index (χ4v) is 4.46. The van der Waals surface area contributed by atoms with Crippen LogP contribution in [0.25, 0.3) is 17.1 Å². The summed E-state index contributed by atoms with van der Waals surface area (Å²) in [5.74, 6) is 1.76. The largest absolute Gasteiger partial charge is 0.507 e. The number of methoxy groups -OCH3 is 3. The zero-order valence-corrected chi connectivity index (χ0v) is 22.2. The number of benzene rings is 3. The van der Waals surface area contributed by atoms with E-state index in [-0.39, 0.29) is 17.4 Å². The van der Waals surface area contributed by atoms with E-state index in [2.05, 4.69) is 20.7 Å². The van der Waals surface area contributed by atoms with E-state index in [0.29, 0.717) is 45.1 Å². The van der Waals surface area contributed by atoms with Crippen molar-refractivity contribution in [2.75, 3.05) is 27.1 Å². The summed E-state index contributed by atoms with van der Waals surface area (Å²) in [4.78, 5) is 12.6. The quantitative estimate of drug-likeness (QED) is 0.176. The highest BCUT2D eigenvalue weighted by atomic mass is 32.2. The molecule has 1 heterocycles. The summed E-state index contributed by atoms with van der Waals surface area (Å²) >= 11 is 1.22. The predicted octanol–water partition coefficient (Wildman–Crippen LogP) is 4.30. The first-order chi connectivity index (χ1) is 18.5. The maximum Gasteiger partial charge on any atom is 0.250 e. The first kappa shape index (κ1) is 26.6. The van der Waals surface area contributed by atoms with Gasteiger partial charge in [-0.25, -0.2) is 5.43 Å². The van der Waals surface area contributed by atoms with Crippen molar-refractivity contribution in [1.82, 2.24) is 20.2 Å². The molecule has 0 spiro atoms. The Kier molecular flexibility index (Phi) is 8.49. The molecule has 10 nitrogen and oxygen atoms in total. The second-order valence-corrected chi connectivity index (χ2v) is 8.87. The van der Waals surface area contributed by atoms with Gasteiger partial charge in [0.15, 0.2) is 22.5 Å². The average molecular weight is 534 g/mol. The van der Waals surface area contributed by atoms with Crippen LogP contribution in [0.5, 0.6) is 23.0 Å². The standard InChI is InChI=1S/C27H27N5O5S/c1-17(20-12-8-9-13-21(20)33)28-29-24(34)16-38-27-31-30-26(32(27)19-10-6-5-7-11-19)18-14-22(35-2)25(37-4)23(15-18)36-3/h5-15,33H,16H2,1-4H3,(H,29,34). The summed E-state index contributed by atoms with van der Waals surface area (Å²) in [5, 5.41) is 23.4. The lowest BCUT2D eigenvalue weighted by Gasteiger charge is -2.15. The van der Waals surface area contributed by atoms with Gasteiger partial charge in [0.2, 0.25) is 5.75 Å². The molecule has 38 heavy (non-hydrogen) atoms. The van der Waals surface area contributed by atoms with Gasteiger partial charge in [-0.1, -0.05) is 42.1 Å². The van der Waals surface area contributed by atoms with Gasteiger partial charge in [0.05, 0.1) is 32.8 Å². The van der Waals surface area contributed by atoms with E-state index in [1.165, 1.54) is 11.8 Å². The first-order valence-electron chi connectivity index (χ1n) is 11.5. The van der Waals surface area contributed by atoms with Crippen molar-refractivity contribution in [2.24, 2.45) is 5.10 Å². The van der Waals surface area contributed by atoms with Gasteiger partial charge in [0.1, 0.15) is 5.75 Å². The highest BCUT2D eigenvalue weighted by molar-refractivity contribution is 7.99. The molecular weight excluding hydrogens is 506 g/mol. The molecule has 0 saturated heterocycles. The summed E-state index contributed by atoms with van der Waals surface area (Å²) < 4.78 is 18.3. The minimum absolute atomic E-state index is 0.0395. The Hall–Kier alpha value is -4.51. The number of amides is 1. The number of aromatic nitrogens is 3. The number of hydrogen-bond donors (Lipinski definition) is 2. The van der Waals surface area contributed by atoms with Crippen molar-refractivity contribution < 1.29 is 24.1 Å². The van der Waals surface area contributed by atoms with E-state index in [0.717, 1.165) is 5.69 Å². The SMILES string of the molecule is COc1cc(-c2nnc(SCC(=O)NN=C(C)c3ccccc3O)n2-c2ccccc2)cc(OC)c1OC. The zero-order chi connectivity index (χ0) is 27.1. The summed E-state index contributed by atoms with van der Waals surface area (Å²) in [6.45, 7) is 1.71. The molecule has 0 unspecified atom stereocenters. The van der Waals surface area contributed by atoms with Crippen LogP contribution in [0.3, 0.4) is 0 Å². The fraction of sp³-hybridized carbons (Fsp3) is 0.185. The Labute approximate surface area is 224 Å². The highest BCUT2D eigenvalue weighted by Gasteiger charge is 2.21. The highest BCUT2D eigenvalue weighted by Crippen LogP contribution is 2.41. The van der Waals surface area contributed by atoms with Gasteiger partial charge < -0.3 is 19.3 Å². The van der Waals surface area contributed by atoms with Crippen LogP contribution >= 0.6 is 11.8 Å². The molecular formula is C27H27N5O5S. The van der Waals surface area contributed by atoms with Crippen LogP contribution in [-0.4, -0.2) is 58.6 Å². The monoisotopic (exact) mass is 533 g/mol. The van der Waals surface area contributed by atoms with Crippen molar-refractivity contribution in [3.8, 4) is 40.1 Å². The number of para-hydroxylation sites is 2. The second kappa shape index (κ2) is 12.2. The molecule has 11 heteroatoms. The normalized spacial score (nSPS) is 11.2. The lowest BCUT2D eigenvalue weighted by molar-refractivity contribution is -0.118. The van der Waals surface area contributed by atoms with Crippen LogP contribution in [-0.2, 0) is 4.79 Å². The van der Waals surface area contributed by atoms with Gasteiger partial charge in [-0.2, -0.15) is 5.10 Å². The second-order valence-electron chi connectivity index (χ2n) is 7.93. The Morgan fingerprint density at radius 1 is 0.974 bits per heavy atom. The lowest BCUT2D eigenvalue weighted by atomic mass is 10.1. The Balaban J connectivity index is 1.61. The van der Waals surface area contributed by atoms with E-state index in [4.69, 9.17) is 14.2 Å². The van der Waals surface area contributed by atoms with Crippen molar-refractivity contribution in [3.63, 3.8) is 0 Å². The molecule has 0 aliphatic heterocycles. The number of rotatable bonds is 10. The molecule has 1 amide bonds. The maximum atomic E-state index is 12.6. The maximum absolute atomic E-state index is 12.6. The molecule has 4 rings (SSSR count). The number of thioether (sulfide) groups is 1. The van der Waals surface area contributed by atoms with Crippen LogP contribution in [0, 0.1) is 0 Å². The molecule has 0 aliphatic rings. The average Bonchev–Trinajstić information content (AvgIpc) is 3.38. The molecule has 0 radical (unpaired) electrons. The molecule has 0 fully saturated rings. The predicted molar refractivity (Wildman–Crippen MR) is 146 cm³/mol. The Morgan fingerprint density at radius 3 is 2.26 bits per heavy atom. The van der Waals surface area contributed by atoms with Crippen LogP contribution in [0.1, 0.15) is 12.5 Å². The molecule has 0 aliphatic carbocycles. The molecule has 0 bridgehead atoms. The smallest absolute Gasteiger partial charge is 0.250 e. The van der Waals surface area contributed by atoms with Gasteiger partial charge in [-0.05, 0) is 43.3 Å². The number of ether oxygens (including phenoxy) is 3. The molecule has 3 aromatic carbocycles. The molecule has 1 aromatic heterocycles. The number of hydrazone groups is 1. The number of phenols is 1. The first-order valence-corrected chi connectivity index (χ1v) is 12.5. The molecule has 4 aromatic rings. The fourth-order valence-electron chi connectivity index (χ4n) is 3.72. The van der Waals surface area contributed by atoms with Gasteiger partial charge in [-0.3, -0.25) is 9.36 Å². The topological polar surface area (TPSA) is 120 Å². The number of nitrogens with zero attached hydrogens (tertiary/aromatic N) is 4. The number of carbonyl (C=O) groups excluding carboxylic acids is 1. The third kappa shape index (κ3) is 5.73. The molecule has 0 saturated carbocycles. The van der Waals surface area contributed by atoms with Gasteiger partial charge in [-0.15, -0.1) is 10.2 Å². The molecule has 2 N–H and O–H groups in total. The van der Waals surface area contributed by atoms with Crippen LogP contribution < -0.4 is 19.6 Å². The number of carbonyl (C=O) groups is 1. The number of nitrogens with one attached hydrogen (secondary N) is 1. The van der Waals surface area contributed by atoms with E-state index in [1.807, 2.05) is 34.9 Å². The van der Waals surface area contributed by atoms with E-state index < -0.39 is 0 Å². The van der Waals surface area contributed by atoms with Crippen molar-refractivity contribution in [1.29, 1.82) is 0 Å². The molecule has 0 atom stereocenters. The van der Waals surface area contributed by atoms with Gasteiger partial charge in [0.25, 0.3) is 5.91 Å². The molecule has 196 valence electrons. The number of aromatic hydroxyl groups is 1. The minimum atomic E-state index is -0.332. The van der Waals surface area contributed by atoms with Gasteiger partial charge >= 0.3 is 0 Å². The summed E-state index contributed by atoms with van der Waals surface area (Å²) in [6.07, 6.45) is 0. The number of phenolic OH excluding ortho intramolecular Hbond substituents is 1. The zero-order valence-electron chi connectivity index (χ0n) is 21.3. The minimum Gasteiger partial charge on any atom is -0.507 e. The van der Waals surface area contributed by atoms with Crippen molar-refractivity contribution >= 4 is 23.4 Å². The third-order valence-electron chi connectivity index (χ3n) is 5.55. The van der Waals surface area contributed by atoms with E-state index in [1.54, 1.807) is 64.7 Å². The van der Waals surface area contributed by atoms with Crippen molar-refractivity contribution in [3.05, 3.63) is 72.3 Å². The number of hydrogen-bond acceptors (Lipinski definition) is 9. The van der Waals surface area contributed by atoms with Crippen LogP contribution in [0.15, 0.2) is 77.0 Å². The van der Waals surface area contributed by atoms with E-state index in [9.17, 15) is 9.90 Å². The lowest BCUT2D eigenvalue weighted by Crippen LogP contribution is -2.21. The Morgan fingerprint density at radius 2 is 1.63 bits per heavy atom. The van der Waals surface area contributed by atoms with Crippen LogP contribution in [0.4, 0.5) is 0 Å². The Bertz CT molecular complexity index is 1430. The summed E-state index contributed by atoms with van der Waals surface area (Å²) in [7, 11) is 4.64. The van der Waals surface area contributed by atoms with Gasteiger partial charge in [0, 0.05) is 16.8 Å². The summed E-state index contributed by atoms with van der Waals surface area (Å²) in [5.41, 5.74) is 5.06. The van der Waals surface area contributed by atoms with E-state index >= 15 is 0 Å². The third-order valence-corrected chi connectivity index (χ3v) is 6.47. The van der Waals surface area contributed by atoms with Crippen molar-refractivity contribution in [2.45, 2.75) is 12.1 Å². The summed E-state index contributed by atoms with van der Waals surface area (Å²) in [6, 6.07) is 20.0. The van der Waals surface area contributed by atoms with Crippen LogP contribution in [0.2, 0.25) is 0 Å².